The van der Waals surface area contributed by atoms with Crippen molar-refractivity contribution >= 4 is 23.3 Å². The molecule has 3 aromatic rings. The number of nitrogens with one attached hydrogen (secondary N) is 4. The van der Waals surface area contributed by atoms with Gasteiger partial charge in [-0.15, -0.1) is 0 Å². The molecule has 0 aliphatic carbocycles. The molecule has 0 saturated carbocycles. The maximum atomic E-state index is 12.9. The van der Waals surface area contributed by atoms with Crippen molar-refractivity contribution in [2.75, 3.05) is 16.9 Å². The molecule has 3 atom stereocenters. The molecule has 166 valence electrons. The average Bonchev–Trinajstić information content (AvgIpc) is 3.50. The predicted octanol–water partition coefficient (Wildman–Crippen LogP) is 1.80. The van der Waals surface area contributed by atoms with E-state index in [0.717, 1.165) is 5.69 Å². The van der Waals surface area contributed by atoms with Crippen molar-refractivity contribution in [2.45, 2.75) is 33.2 Å². The summed E-state index contributed by atoms with van der Waals surface area (Å²) in [6.07, 6.45) is 0.516. The number of hydrogen-bond donors (Lipinski definition) is 4. The summed E-state index contributed by atoms with van der Waals surface area (Å²) in [6, 6.07) is 11.2. The maximum absolute atomic E-state index is 12.9. The second-order valence-electron chi connectivity index (χ2n) is 8.18. The summed E-state index contributed by atoms with van der Waals surface area (Å²) in [5.74, 6) is -0.115. The molecule has 1 aromatic carbocycles. The second-order valence-corrected chi connectivity index (χ2v) is 8.18. The van der Waals surface area contributed by atoms with E-state index in [1.54, 1.807) is 22.9 Å². The number of nitrogens with zero attached hydrogens (tertiary/aromatic N) is 3. The highest BCUT2D eigenvalue weighted by Gasteiger charge is 2.45. The number of aryl methyl sites for hydroxylation is 3. The first-order valence-electron chi connectivity index (χ1n) is 10.5. The van der Waals surface area contributed by atoms with Gasteiger partial charge in [0.1, 0.15) is 12.0 Å². The zero-order valence-corrected chi connectivity index (χ0v) is 18.0. The van der Waals surface area contributed by atoms with Crippen LogP contribution in [0.5, 0.6) is 0 Å². The Hall–Kier alpha value is -3.63. The zero-order valence-electron chi connectivity index (χ0n) is 18.0. The summed E-state index contributed by atoms with van der Waals surface area (Å²) >= 11 is 0. The molecule has 0 spiro atoms. The Labute approximate surface area is 184 Å². The smallest absolute Gasteiger partial charge is 0.292 e. The number of amides is 2. The minimum atomic E-state index is -0.640. The van der Waals surface area contributed by atoms with E-state index in [0.29, 0.717) is 18.1 Å². The van der Waals surface area contributed by atoms with Crippen molar-refractivity contribution in [3.63, 3.8) is 0 Å². The molecular formula is C22H25N7O3. The molecular weight excluding hydrogens is 410 g/mol. The molecule has 2 aliphatic heterocycles. The van der Waals surface area contributed by atoms with Gasteiger partial charge >= 0.3 is 0 Å². The summed E-state index contributed by atoms with van der Waals surface area (Å²) in [4.78, 5) is 25.4. The van der Waals surface area contributed by atoms with E-state index >= 15 is 0 Å². The van der Waals surface area contributed by atoms with Gasteiger partial charge in [-0.1, -0.05) is 6.07 Å². The van der Waals surface area contributed by atoms with Gasteiger partial charge in [0, 0.05) is 12.6 Å². The molecule has 5 rings (SSSR count). The van der Waals surface area contributed by atoms with E-state index in [4.69, 9.17) is 4.42 Å². The highest BCUT2D eigenvalue weighted by molar-refractivity contribution is 6.01. The number of benzene rings is 1. The molecule has 10 nitrogen and oxygen atoms in total. The summed E-state index contributed by atoms with van der Waals surface area (Å²) < 4.78 is 6.74. The Morgan fingerprint density at radius 1 is 1.19 bits per heavy atom. The third-order valence-corrected chi connectivity index (χ3v) is 5.94. The molecule has 3 unspecified atom stereocenters. The number of furan rings is 1. The van der Waals surface area contributed by atoms with Crippen LogP contribution in [0.25, 0.3) is 0 Å². The van der Waals surface area contributed by atoms with E-state index in [1.165, 1.54) is 17.4 Å². The first-order valence-corrected chi connectivity index (χ1v) is 10.5. The van der Waals surface area contributed by atoms with E-state index in [1.807, 2.05) is 18.0 Å². The molecule has 0 radical (unpaired) electrons. The lowest BCUT2D eigenvalue weighted by Gasteiger charge is -2.37. The third kappa shape index (κ3) is 3.53. The van der Waals surface area contributed by atoms with Gasteiger partial charge in [0.05, 0.1) is 23.6 Å². The van der Waals surface area contributed by atoms with Crippen LogP contribution in [-0.4, -0.2) is 34.3 Å². The van der Waals surface area contributed by atoms with E-state index in [9.17, 15) is 9.59 Å². The second kappa shape index (κ2) is 7.81. The maximum Gasteiger partial charge on any atom is 0.292 e. The Balaban J connectivity index is 1.41. The minimum absolute atomic E-state index is 0.0888. The summed E-state index contributed by atoms with van der Waals surface area (Å²) in [5, 5.41) is 15.7. The van der Waals surface area contributed by atoms with Crippen LogP contribution in [0.15, 0.2) is 47.1 Å². The highest BCUT2D eigenvalue weighted by atomic mass is 16.3. The van der Waals surface area contributed by atoms with Crippen LogP contribution in [0.2, 0.25) is 0 Å². The topological polar surface area (TPSA) is 116 Å². The van der Waals surface area contributed by atoms with Crippen LogP contribution in [0, 0.1) is 26.7 Å². The minimum Gasteiger partial charge on any atom is -0.459 e. The van der Waals surface area contributed by atoms with E-state index < -0.39 is 12.2 Å². The molecule has 2 amide bonds. The molecule has 2 saturated heterocycles. The van der Waals surface area contributed by atoms with Gasteiger partial charge in [-0.05, 0) is 56.2 Å². The molecule has 2 aliphatic rings. The Morgan fingerprint density at radius 3 is 2.78 bits per heavy atom. The van der Waals surface area contributed by atoms with Gasteiger partial charge < -0.3 is 15.1 Å². The summed E-state index contributed by atoms with van der Waals surface area (Å²) in [7, 11) is 0. The lowest BCUT2D eigenvalue weighted by Crippen LogP contribution is -2.61. The van der Waals surface area contributed by atoms with Gasteiger partial charge in [-0.25, -0.2) is 10.1 Å². The van der Waals surface area contributed by atoms with Crippen LogP contribution < -0.4 is 26.4 Å². The Morgan fingerprint density at radius 2 is 2.03 bits per heavy atom. The lowest BCUT2D eigenvalue weighted by molar-refractivity contribution is -0.129. The van der Waals surface area contributed by atoms with Crippen LogP contribution in [0.4, 0.5) is 11.5 Å². The van der Waals surface area contributed by atoms with Gasteiger partial charge in [-0.3, -0.25) is 19.9 Å². The van der Waals surface area contributed by atoms with Crippen molar-refractivity contribution in [1.29, 1.82) is 0 Å². The SMILES string of the molecule is Cc1cc(NC(=O)c2ccco2)n(C2NC(=O)C3CNN(c4ccc(C)c(C)c4)C3N2)n1. The van der Waals surface area contributed by atoms with Crippen molar-refractivity contribution in [1.82, 2.24) is 25.8 Å². The van der Waals surface area contributed by atoms with Crippen LogP contribution in [0.1, 0.15) is 33.7 Å². The molecule has 4 N–H and O–H groups in total. The number of aromatic nitrogens is 2. The Kier molecular flexibility index (Phi) is 4.95. The van der Waals surface area contributed by atoms with Crippen molar-refractivity contribution in [3.05, 3.63) is 65.2 Å². The number of carbonyl (C=O) groups excluding carboxylic acids is 2. The summed E-state index contributed by atoms with van der Waals surface area (Å²) in [5.41, 5.74) is 7.40. The molecule has 10 heteroatoms. The summed E-state index contributed by atoms with van der Waals surface area (Å²) in [6.45, 7) is 6.48. The zero-order chi connectivity index (χ0) is 22.4. The van der Waals surface area contributed by atoms with Crippen molar-refractivity contribution < 1.29 is 14.0 Å². The quantitative estimate of drug-likeness (QED) is 0.494. The molecule has 2 aromatic heterocycles. The van der Waals surface area contributed by atoms with Gasteiger partial charge in [0.15, 0.2) is 12.0 Å². The molecule has 32 heavy (non-hydrogen) atoms. The number of anilines is 2. The fraction of sp³-hybridized carbons (Fsp3) is 0.318. The number of hydrazine groups is 1. The standard InChI is InChI=1S/C22H25N7O3/c1-12-6-7-15(9-13(12)2)28-19-16(11-23-28)20(30)26-22(25-19)29-18(10-14(3)27-29)24-21(31)17-5-4-8-32-17/h4-10,16,19,22-23,25H,11H2,1-3H3,(H,24,31)(H,26,30). The van der Waals surface area contributed by atoms with Gasteiger partial charge in [0.2, 0.25) is 5.91 Å². The van der Waals surface area contributed by atoms with Crippen LogP contribution in [0.3, 0.4) is 0 Å². The fourth-order valence-corrected chi connectivity index (χ4v) is 4.11. The predicted molar refractivity (Wildman–Crippen MR) is 118 cm³/mol. The highest BCUT2D eigenvalue weighted by Crippen LogP contribution is 2.29. The van der Waals surface area contributed by atoms with Gasteiger partial charge in [0.25, 0.3) is 5.91 Å². The van der Waals surface area contributed by atoms with E-state index in [-0.39, 0.29) is 23.8 Å². The number of fused-ring (bicyclic) bond motifs is 1. The average molecular weight is 435 g/mol. The third-order valence-electron chi connectivity index (χ3n) is 5.94. The van der Waals surface area contributed by atoms with Crippen molar-refractivity contribution in [2.24, 2.45) is 5.92 Å². The number of rotatable bonds is 4. The molecule has 4 heterocycles. The Bertz CT molecular complexity index is 1170. The van der Waals surface area contributed by atoms with Crippen molar-refractivity contribution in [3.8, 4) is 0 Å². The molecule has 0 bridgehead atoms. The largest absolute Gasteiger partial charge is 0.459 e. The number of hydrogen-bond acceptors (Lipinski definition) is 7. The first-order chi connectivity index (χ1) is 15.4. The normalized spacial score (nSPS) is 22.5. The first kappa shape index (κ1) is 20.3. The number of carbonyl (C=O) groups is 2. The van der Waals surface area contributed by atoms with Crippen LogP contribution in [-0.2, 0) is 4.79 Å². The van der Waals surface area contributed by atoms with E-state index in [2.05, 4.69) is 52.5 Å². The van der Waals surface area contributed by atoms with Crippen LogP contribution >= 0.6 is 0 Å². The fourth-order valence-electron chi connectivity index (χ4n) is 4.11. The molecule has 2 fully saturated rings. The monoisotopic (exact) mass is 435 g/mol. The van der Waals surface area contributed by atoms with Gasteiger partial charge in [-0.2, -0.15) is 5.10 Å². The lowest BCUT2D eigenvalue weighted by atomic mass is 10.0.